The van der Waals surface area contributed by atoms with E-state index in [2.05, 4.69) is 24.0 Å². The van der Waals surface area contributed by atoms with Gasteiger partial charge in [0.25, 0.3) is 0 Å². The van der Waals surface area contributed by atoms with Crippen LogP contribution in [0.25, 0.3) is 0 Å². The summed E-state index contributed by atoms with van der Waals surface area (Å²) in [6, 6.07) is 10.5. The van der Waals surface area contributed by atoms with Crippen LogP contribution in [0.2, 0.25) is 0 Å². The molecular formula is C16H18N2O2. The standard InChI is InChI=1S/C16H18N2O2/c1-2-15(19)17-12-8-16(20)18(10-12)14-9-13(14)11-6-4-3-5-7-11/h2-7,12-14H,1,8-10H2,(H,17,19)/t12-,13+,14+/m1/s1. The Balaban J connectivity index is 1.61. The molecule has 0 spiro atoms. The van der Waals surface area contributed by atoms with Crippen LogP contribution in [-0.4, -0.2) is 35.3 Å². The molecule has 0 radical (unpaired) electrons. The van der Waals surface area contributed by atoms with Crippen LogP contribution in [0.15, 0.2) is 43.0 Å². The van der Waals surface area contributed by atoms with Crippen molar-refractivity contribution in [3.8, 4) is 0 Å². The molecule has 20 heavy (non-hydrogen) atoms. The second-order valence-corrected chi connectivity index (χ2v) is 5.48. The number of carbonyl (C=O) groups is 2. The Bertz CT molecular complexity index is 541. The summed E-state index contributed by atoms with van der Waals surface area (Å²) in [4.78, 5) is 25.3. The Morgan fingerprint density at radius 2 is 2.10 bits per heavy atom. The highest BCUT2D eigenvalue weighted by atomic mass is 16.2. The Labute approximate surface area is 118 Å². The van der Waals surface area contributed by atoms with Gasteiger partial charge in [-0.3, -0.25) is 9.59 Å². The number of hydrogen-bond acceptors (Lipinski definition) is 2. The summed E-state index contributed by atoms with van der Waals surface area (Å²) >= 11 is 0. The van der Waals surface area contributed by atoms with Gasteiger partial charge in [0.15, 0.2) is 0 Å². The smallest absolute Gasteiger partial charge is 0.243 e. The molecule has 2 amide bonds. The zero-order valence-electron chi connectivity index (χ0n) is 11.3. The lowest BCUT2D eigenvalue weighted by Gasteiger charge is -2.17. The molecule has 104 valence electrons. The predicted molar refractivity (Wildman–Crippen MR) is 76.0 cm³/mol. The van der Waals surface area contributed by atoms with E-state index in [0.717, 1.165) is 6.42 Å². The van der Waals surface area contributed by atoms with Gasteiger partial charge in [0.2, 0.25) is 11.8 Å². The Morgan fingerprint density at radius 1 is 1.35 bits per heavy atom. The van der Waals surface area contributed by atoms with Crippen molar-refractivity contribution in [2.24, 2.45) is 0 Å². The topological polar surface area (TPSA) is 49.4 Å². The number of rotatable bonds is 4. The Hall–Kier alpha value is -2.10. The van der Waals surface area contributed by atoms with Crippen molar-refractivity contribution in [3.05, 3.63) is 48.6 Å². The fraction of sp³-hybridized carbons (Fsp3) is 0.375. The van der Waals surface area contributed by atoms with Crippen LogP contribution in [-0.2, 0) is 9.59 Å². The molecule has 0 aromatic heterocycles. The monoisotopic (exact) mass is 270 g/mol. The summed E-state index contributed by atoms with van der Waals surface area (Å²) in [5.74, 6) is 0.386. The van der Waals surface area contributed by atoms with Crippen molar-refractivity contribution in [3.63, 3.8) is 0 Å². The van der Waals surface area contributed by atoms with Crippen molar-refractivity contribution in [2.45, 2.75) is 30.8 Å². The van der Waals surface area contributed by atoms with Crippen LogP contribution >= 0.6 is 0 Å². The molecule has 1 aliphatic heterocycles. The molecule has 1 aliphatic carbocycles. The van der Waals surface area contributed by atoms with E-state index in [1.807, 2.05) is 23.1 Å². The van der Waals surface area contributed by atoms with Gasteiger partial charge in [-0.25, -0.2) is 0 Å². The van der Waals surface area contributed by atoms with Crippen molar-refractivity contribution in [1.82, 2.24) is 10.2 Å². The minimum atomic E-state index is -0.208. The normalized spacial score (nSPS) is 28.3. The quantitative estimate of drug-likeness (QED) is 0.842. The van der Waals surface area contributed by atoms with Crippen molar-refractivity contribution in [2.75, 3.05) is 6.54 Å². The van der Waals surface area contributed by atoms with Gasteiger partial charge in [0, 0.05) is 24.9 Å². The lowest BCUT2D eigenvalue weighted by Crippen LogP contribution is -2.36. The Kier molecular flexibility index (Phi) is 3.30. The SMILES string of the molecule is C=CC(=O)N[C@@H]1CC(=O)N([C@H]2C[C@H]2c2ccccc2)C1. The molecule has 1 aromatic carbocycles. The van der Waals surface area contributed by atoms with Gasteiger partial charge in [-0.1, -0.05) is 36.9 Å². The average Bonchev–Trinajstić information content (AvgIpc) is 3.18. The molecule has 0 unspecified atom stereocenters. The van der Waals surface area contributed by atoms with E-state index in [-0.39, 0.29) is 17.9 Å². The maximum Gasteiger partial charge on any atom is 0.243 e. The highest BCUT2D eigenvalue weighted by Crippen LogP contribution is 2.45. The molecule has 1 aromatic rings. The number of nitrogens with one attached hydrogen (secondary N) is 1. The van der Waals surface area contributed by atoms with Gasteiger partial charge in [0.1, 0.15) is 0 Å². The first kappa shape index (κ1) is 12.9. The van der Waals surface area contributed by atoms with Crippen molar-refractivity contribution >= 4 is 11.8 Å². The fourth-order valence-corrected chi connectivity index (χ4v) is 2.99. The van der Waals surface area contributed by atoms with E-state index in [0.29, 0.717) is 24.9 Å². The number of likely N-dealkylation sites (tertiary alicyclic amines) is 1. The maximum atomic E-state index is 12.1. The summed E-state index contributed by atoms with van der Waals surface area (Å²) in [6.07, 6.45) is 2.67. The van der Waals surface area contributed by atoms with Crippen LogP contribution in [0.1, 0.15) is 24.3 Å². The summed E-state index contributed by atoms with van der Waals surface area (Å²) in [7, 11) is 0. The molecule has 4 nitrogen and oxygen atoms in total. The van der Waals surface area contributed by atoms with Gasteiger partial charge in [0.05, 0.1) is 6.04 Å². The largest absolute Gasteiger partial charge is 0.348 e. The predicted octanol–water partition coefficient (Wildman–Crippen LogP) is 1.45. The van der Waals surface area contributed by atoms with E-state index in [9.17, 15) is 9.59 Å². The third-order valence-electron chi connectivity index (χ3n) is 4.08. The number of hydrogen-bond donors (Lipinski definition) is 1. The molecule has 3 atom stereocenters. The molecule has 1 saturated heterocycles. The highest BCUT2D eigenvalue weighted by Gasteiger charge is 2.47. The first-order valence-electron chi connectivity index (χ1n) is 6.96. The van der Waals surface area contributed by atoms with E-state index in [1.165, 1.54) is 11.6 Å². The first-order valence-corrected chi connectivity index (χ1v) is 6.96. The lowest BCUT2D eigenvalue weighted by molar-refractivity contribution is -0.128. The summed E-state index contributed by atoms with van der Waals surface area (Å²) in [5, 5.41) is 2.81. The molecule has 1 heterocycles. The van der Waals surface area contributed by atoms with Crippen LogP contribution in [0, 0.1) is 0 Å². The lowest BCUT2D eigenvalue weighted by atomic mass is 10.1. The second kappa shape index (κ2) is 5.12. The Morgan fingerprint density at radius 3 is 2.80 bits per heavy atom. The zero-order valence-corrected chi connectivity index (χ0v) is 11.3. The minimum absolute atomic E-state index is 0.0787. The van der Waals surface area contributed by atoms with Gasteiger partial charge in [-0.05, 0) is 18.1 Å². The summed E-state index contributed by atoms with van der Waals surface area (Å²) < 4.78 is 0. The van der Waals surface area contributed by atoms with E-state index in [1.54, 1.807) is 0 Å². The molecule has 1 N–H and O–H groups in total. The summed E-state index contributed by atoms with van der Waals surface area (Å²) in [6.45, 7) is 4.05. The number of carbonyl (C=O) groups excluding carboxylic acids is 2. The molecule has 2 aliphatic rings. The third-order valence-corrected chi connectivity index (χ3v) is 4.08. The van der Waals surface area contributed by atoms with Crippen molar-refractivity contribution < 1.29 is 9.59 Å². The van der Waals surface area contributed by atoms with Gasteiger partial charge >= 0.3 is 0 Å². The molecular weight excluding hydrogens is 252 g/mol. The number of nitrogens with zero attached hydrogens (tertiary/aromatic N) is 1. The van der Waals surface area contributed by atoms with E-state index >= 15 is 0 Å². The number of benzene rings is 1. The van der Waals surface area contributed by atoms with Crippen LogP contribution in [0.3, 0.4) is 0 Å². The molecule has 3 rings (SSSR count). The third kappa shape index (κ3) is 2.46. The molecule has 0 bridgehead atoms. The number of amides is 2. The minimum Gasteiger partial charge on any atom is -0.348 e. The van der Waals surface area contributed by atoms with Crippen LogP contribution < -0.4 is 5.32 Å². The van der Waals surface area contributed by atoms with Crippen LogP contribution in [0.5, 0.6) is 0 Å². The molecule has 1 saturated carbocycles. The van der Waals surface area contributed by atoms with Crippen LogP contribution in [0.4, 0.5) is 0 Å². The fourth-order valence-electron chi connectivity index (χ4n) is 2.99. The second-order valence-electron chi connectivity index (χ2n) is 5.48. The zero-order chi connectivity index (χ0) is 14.1. The highest BCUT2D eigenvalue weighted by molar-refractivity contribution is 5.88. The van der Waals surface area contributed by atoms with Crippen molar-refractivity contribution in [1.29, 1.82) is 0 Å². The average molecular weight is 270 g/mol. The first-order chi connectivity index (χ1) is 9.69. The molecule has 4 heteroatoms. The molecule has 2 fully saturated rings. The maximum absolute atomic E-state index is 12.1. The van der Waals surface area contributed by atoms with E-state index in [4.69, 9.17) is 0 Å². The van der Waals surface area contributed by atoms with E-state index < -0.39 is 0 Å². The summed E-state index contributed by atoms with van der Waals surface area (Å²) in [5.41, 5.74) is 1.30. The van der Waals surface area contributed by atoms with Gasteiger partial charge < -0.3 is 10.2 Å². The van der Waals surface area contributed by atoms with Gasteiger partial charge in [-0.15, -0.1) is 0 Å². The van der Waals surface area contributed by atoms with Gasteiger partial charge in [-0.2, -0.15) is 0 Å².